The van der Waals surface area contributed by atoms with Crippen LogP contribution in [-0.4, -0.2) is 18.3 Å². The molecular weight excluding hydrogens is 333 g/mol. The van der Waals surface area contributed by atoms with E-state index < -0.39 is 0 Å². The van der Waals surface area contributed by atoms with Gasteiger partial charge in [0, 0.05) is 18.0 Å². The smallest absolute Gasteiger partial charge is 0.251 e. The molecule has 0 heterocycles. The largest absolute Gasteiger partial charge is 0.352 e. The van der Waals surface area contributed by atoms with Crippen molar-refractivity contribution in [2.75, 3.05) is 12.4 Å². The molecule has 2 nitrogen and oxygen atoms in total. The highest BCUT2D eigenvalue weighted by Gasteiger charge is 2.12. The summed E-state index contributed by atoms with van der Waals surface area (Å²) in [5.41, 5.74) is 0.453. The lowest BCUT2D eigenvalue weighted by molar-refractivity contribution is 0.0946. The highest BCUT2D eigenvalue weighted by molar-refractivity contribution is 9.10. The third-order valence-electron chi connectivity index (χ3n) is 2.95. The van der Waals surface area contributed by atoms with E-state index in [1.54, 1.807) is 0 Å². The molecule has 0 spiro atoms. The molecule has 5 heteroatoms. The first kappa shape index (κ1) is 16.4. The fraction of sp³-hybridized carbons (Fsp3) is 0.500. The molecule has 0 bridgehead atoms. The predicted molar refractivity (Wildman–Crippen MR) is 80.2 cm³/mol. The lowest BCUT2D eigenvalue weighted by Crippen LogP contribution is -2.29. The van der Waals surface area contributed by atoms with Gasteiger partial charge in [-0.25, -0.2) is 4.39 Å². The van der Waals surface area contributed by atoms with Crippen LogP contribution in [0.15, 0.2) is 22.7 Å². The molecule has 106 valence electrons. The summed E-state index contributed by atoms with van der Waals surface area (Å²) in [4.78, 5) is 11.9. The number of amides is 1. The van der Waals surface area contributed by atoms with E-state index in [-0.39, 0.29) is 11.7 Å². The van der Waals surface area contributed by atoms with Crippen molar-refractivity contribution in [3.63, 3.8) is 0 Å². The Morgan fingerprint density at radius 2 is 2.21 bits per heavy atom. The van der Waals surface area contributed by atoms with Crippen LogP contribution in [-0.2, 0) is 0 Å². The SMILES string of the molecule is CCCC(CCCl)CNC(=O)c1ccc(F)c(Br)c1. The van der Waals surface area contributed by atoms with Crippen molar-refractivity contribution in [1.29, 1.82) is 0 Å². The van der Waals surface area contributed by atoms with Gasteiger partial charge in [-0.1, -0.05) is 13.3 Å². The molecule has 1 aromatic carbocycles. The van der Waals surface area contributed by atoms with Crippen molar-refractivity contribution in [3.05, 3.63) is 34.1 Å². The Kier molecular flexibility index (Phi) is 7.39. The predicted octanol–water partition coefficient (Wildman–Crippen LogP) is 4.36. The van der Waals surface area contributed by atoms with Crippen molar-refractivity contribution < 1.29 is 9.18 Å². The van der Waals surface area contributed by atoms with Gasteiger partial charge in [0.25, 0.3) is 5.91 Å². The van der Waals surface area contributed by atoms with E-state index in [0.29, 0.717) is 28.4 Å². The van der Waals surface area contributed by atoms with Gasteiger partial charge in [0.05, 0.1) is 4.47 Å². The normalized spacial score (nSPS) is 12.2. The Hall–Kier alpha value is -0.610. The Bertz CT molecular complexity index is 422. The van der Waals surface area contributed by atoms with Gasteiger partial charge in [-0.05, 0) is 52.9 Å². The summed E-state index contributed by atoms with van der Waals surface area (Å²) in [5.74, 6) is 0.442. The van der Waals surface area contributed by atoms with Gasteiger partial charge < -0.3 is 5.32 Å². The van der Waals surface area contributed by atoms with Gasteiger partial charge in [0.15, 0.2) is 0 Å². The molecule has 1 atom stereocenters. The standard InChI is InChI=1S/C14H18BrClFNO/c1-2-3-10(6-7-16)9-18-14(19)11-4-5-13(17)12(15)8-11/h4-5,8,10H,2-3,6-7,9H2,1H3,(H,18,19). The fourth-order valence-corrected chi connectivity index (χ4v) is 2.57. The van der Waals surface area contributed by atoms with Crippen molar-refractivity contribution >= 4 is 33.4 Å². The number of alkyl halides is 1. The van der Waals surface area contributed by atoms with Crippen LogP contribution in [0.2, 0.25) is 0 Å². The Labute approximate surface area is 126 Å². The first-order chi connectivity index (χ1) is 9.08. The van der Waals surface area contributed by atoms with Crippen LogP contribution >= 0.6 is 27.5 Å². The molecule has 0 aliphatic carbocycles. The second-order valence-corrected chi connectivity index (χ2v) is 5.70. The summed E-state index contributed by atoms with van der Waals surface area (Å²) >= 11 is 8.81. The van der Waals surface area contributed by atoms with Gasteiger partial charge >= 0.3 is 0 Å². The average molecular weight is 351 g/mol. The van der Waals surface area contributed by atoms with E-state index in [9.17, 15) is 9.18 Å². The summed E-state index contributed by atoms with van der Waals surface area (Å²) in [6.07, 6.45) is 3.00. The Morgan fingerprint density at radius 1 is 1.47 bits per heavy atom. The minimum absolute atomic E-state index is 0.184. The Morgan fingerprint density at radius 3 is 2.79 bits per heavy atom. The van der Waals surface area contributed by atoms with Gasteiger partial charge in [0.2, 0.25) is 0 Å². The minimum atomic E-state index is -0.373. The number of hydrogen-bond acceptors (Lipinski definition) is 1. The molecule has 1 rings (SSSR count). The number of rotatable bonds is 7. The van der Waals surface area contributed by atoms with Gasteiger partial charge in [0.1, 0.15) is 5.82 Å². The quantitative estimate of drug-likeness (QED) is 0.727. The lowest BCUT2D eigenvalue weighted by atomic mass is 10.0. The van der Waals surface area contributed by atoms with E-state index in [0.717, 1.165) is 19.3 Å². The van der Waals surface area contributed by atoms with Crippen LogP contribution in [0, 0.1) is 11.7 Å². The third-order valence-corrected chi connectivity index (χ3v) is 3.77. The second-order valence-electron chi connectivity index (χ2n) is 4.47. The summed E-state index contributed by atoms with van der Waals surface area (Å²) in [5, 5.41) is 2.87. The van der Waals surface area contributed by atoms with E-state index in [1.165, 1.54) is 18.2 Å². The van der Waals surface area contributed by atoms with Crippen LogP contribution in [0.1, 0.15) is 36.5 Å². The summed E-state index contributed by atoms with van der Waals surface area (Å²) < 4.78 is 13.4. The number of carbonyl (C=O) groups is 1. The summed E-state index contributed by atoms with van der Waals surface area (Å²) in [6, 6.07) is 4.24. The zero-order valence-corrected chi connectivity index (χ0v) is 13.2. The molecule has 0 saturated carbocycles. The van der Waals surface area contributed by atoms with E-state index in [4.69, 9.17) is 11.6 Å². The average Bonchev–Trinajstić information content (AvgIpc) is 2.39. The maximum absolute atomic E-state index is 13.1. The monoisotopic (exact) mass is 349 g/mol. The molecule has 0 aliphatic heterocycles. The highest BCUT2D eigenvalue weighted by Crippen LogP contribution is 2.17. The summed E-state index contributed by atoms with van der Waals surface area (Å²) in [6.45, 7) is 2.72. The zero-order chi connectivity index (χ0) is 14.3. The van der Waals surface area contributed by atoms with Crippen LogP contribution in [0.3, 0.4) is 0 Å². The molecule has 1 amide bonds. The van der Waals surface area contributed by atoms with Crippen LogP contribution < -0.4 is 5.32 Å². The molecule has 1 unspecified atom stereocenters. The van der Waals surface area contributed by atoms with Gasteiger partial charge in [-0.2, -0.15) is 0 Å². The first-order valence-corrected chi connectivity index (χ1v) is 7.70. The van der Waals surface area contributed by atoms with Crippen LogP contribution in [0.25, 0.3) is 0 Å². The lowest BCUT2D eigenvalue weighted by Gasteiger charge is -2.15. The first-order valence-electron chi connectivity index (χ1n) is 6.37. The maximum atomic E-state index is 13.1. The van der Waals surface area contributed by atoms with Crippen LogP contribution in [0.5, 0.6) is 0 Å². The molecule has 0 fully saturated rings. The van der Waals surface area contributed by atoms with Gasteiger partial charge in [-0.15, -0.1) is 11.6 Å². The third kappa shape index (κ3) is 5.49. The van der Waals surface area contributed by atoms with E-state index in [2.05, 4.69) is 28.2 Å². The zero-order valence-electron chi connectivity index (χ0n) is 10.9. The molecule has 0 radical (unpaired) electrons. The molecule has 1 aromatic rings. The summed E-state index contributed by atoms with van der Waals surface area (Å²) in [7, 11) is 0. The molecule has 0 saturated heterocycles. The number of carbonyl (C=O) groups excluding carboxylic acids is 1. The number of benzene rings is 1. The minimum Gasteiger partial charge on any atom is -0.352 e. The van der Waals surface area contributed by atoms with Crippen molar-refractivity contribution in [2.45, 2.75) is 26.2 Å². The van der Waals surface area contributed by atoms with Crippen molar-refractivity contribution in [1.82, 2.24) is 5.32 Å². The topological polar surface area (TPSA) is 29.1 Å². The van der Waals surface area contributed by atoms with Crippen molar-refractivity contribution in [2.24, 2.45) is 5.92 Å². The van der Waals surface area contributed by atoms with Gasteiger partial charge in [-0.3, -0.25) is 4.79 Å². The van der Waals surface area contributed by atoms with Crippen molar-refractivity contribution in [3.8, 4) is 0 Å². The molecule has 1 N–H and O–H groups in total. The van der Waals surface area contributed by atoms with E-state index in [1.807, 2.05) is 0 Å². The molecular formula is C14H18BrClFNO. The fourth-order valence-electron chi connectivity index (χ4n) is 1.89. The molecule has 0 aliphatic rings. The molecule has 0 aromatic heterocycles. The number of nitrogens with one attached hydrogen (secondary N) is 1. The number of halogens is 3. The molecule has 19 heavy (non-hydrogen) atoms. The second kappa shape index (κ2) is 8.54. The van der Waals surface area contributed by atoms with E-state index >= 15 is 0 Å². The Balaban J connectivity index is 2.56. The highest BCUT2D eigenvalue weighted by atomic mass is 79.9. The van der Waals surface area contributed by atoms with Crippen LogP contribution in [0.4, 0.5) is 4.39 Å². The maximum Gasteiger partial charge on any atom is 0.251 e. The number of hydrogen-bond donors (Lipinski definition) is 1.